The molecule has 0 bridgehead atoms. The van der Waals surface area contributed by atoms with Gasteiger partial charge in [-0.2, -0.15) is 0 Å². The first-order valence-electron chi connectivity index (χ1n) is 2.31. The standard InChI is InChI=1S/C5H6ClNO3/c1-3(4(8)10-2)7-5(6)9/h1H2,2H3,(H,7,9). The zero-order valence-corrected chi connectivity index (χ0v) is 6.07. The molecule has 10 heavy (non-hydrogen) atoms. The minimum Gasteiger partial charge on any atom is -0.464 e. The Morgan fingerprint density at radius 1 is 1.60 bits per heavy atom. The number of hydrogen-bond acceptors (Lipinski definition) is 3. The van der Waals surface area contributed by atoms with Crippen LogP contribution in [0, 0.1) is 0 Å². The third kappa shape index (κ3) is 3.09. The third-order valence-electron chi connectivity index (χ3n) is 0.681. The normalized spacial score (nSPS) is 8.20. The lowest BCUT2D eigenvalue weighted by Crippen LogP contribution is -2.22. The van der Waals surface area contributed by atoms with E-state index in [1.807, 2.05) is 5.32 Å². The van der Waals surface area contributed by atoms with Crippen molar-refractivity contribution in [2.45, 2.75) is 0 Å². The van der Waals surface area contributed by atoms with E-state index in [0.29, 0.717) is 0 Å². The molecule has 0 spiro atoms. The van der Waals surface area contributed by atoms with Crippen molar-refractivity contribution >= 4 is 22.9 Å². The predicted octanol–water partition coefficient (Wildman–Crippen LogP) is 0.622. The maximum atomic E-state index is 10.5. The lowest BCUT2D eigenvalue weighted by Gasteiger charge is -2.00. The maximum Gasteiger partial charge on any atom is 0.353 e. The fourth-order valence-electron chi connectivity index (χ4n) is 0.293. The molecule has 0 aliphatic carbocycles. The zero-order chi connectivity index (χ0) is 8.15. The molecule has 0 unspecified atom stereocenters. The zero-order valence-electron chi connectivity index (χ0n) is 5.31. The van der Waals surface area contributed by atoms with E-state index in [-0.39, 0.29) is 5.70 Å². The molecule has 1 N–H and O–H groups in total. The van der Waals surface area contributed by atoms with Gasteiger partial charge in [-0.05, 0) is 11.6 Å². The highest BCUT2D eigenvalue weighted by molar-refractivity contribution is 6.63. The second-order valence-electron chi connectivity index (χ2n) is 1.37. The fraction of sp³-hybridized carbons (Fsp3) is 0.200. The Hall–Kier alpha value is -1.03. The molecule has 0 saturated carbocycles. The van der Waals surface area contributed by atoms with Crippen LogP contribution >= 0.6 is 11.6 Å². The van der Waals surface area contributed by atoms with Gasteiger partial charge in [0.05, 0.1) is 7.11 Å². The topological polar surface area (TPSA) is 55.4 Å². The van der Waals surface area contributed by atoms with Crippen LogP contribution in [0.2, 0.25) is 0 Å². The summed E-state index contributed by atoms with van der Waals surface area (Å²) in [5.41, 5.74) is -0.178. The summed E-state index contributed by atoms with van der Waals surface area (Å²) in [7, 11) is 1.17. The van der Waals surface area contributed by atoms with Crippen molar-refractivity contribution in [1.29, 1.82) is 0 Å². The van der Waals surface area contributed by atoms with Crippen molar-refractivity contribution in [2.24, 2.45) is 0 Å². The molecule has 0 fully saturated rings. The molecule has 0 aliphatic rings. The Morgan fingerprint density at radius 2 is 2.10 bits per heavy atom. The molecule has 0 aromatic rings. The van der Waals surface area contributed by atoms with E-state index in [1.165, 1.54) is 7.11 Å². The van der Waals surface area contributed by atoms with Gasteiger partial charge < -0.3 is 10.1 Å². The van der Waals surface area contributed by atoms with Gasteiger partial charge in [0, 0.05) is 0 Å². The Labute approximate surface area is 62.8 Å². The molecule has 56 valence electrons. The number of ether oxygens (including phenoxy) is 1. The average molecular weight is 164 g/mol. The summed E-state index contributed by atoms with van der Waals surface area (Å²) >= 11 is 4.86. The number of nitrogens with one attached hydrogen (secondary N) is 1. The Morgan fingerprint density at radius 3 is 2.40 bits per heavy atom. The van der Waals surface area contributed by atoms with E-state index in [4.69, 9.17) is 11.6 Å². The van der Waals surface area contributed by atoms with E-state index in [2.05, 4.69) is 11.3 Å². The Balaban J connectivity index is 3.86. The van der Waals surface area contributed by atoms with Crippen molar-refractivity contribution in [1.82, 2.24) is 5.32 Å². The Kier molecular flexibility index (Phi) is 3.49. The van der Waals surface area contributed by atoms with Gasteiger partial charge in [0.2, 0.25) is 0 Å². The third-order valence-corrected chi connectivity index (χ3v) is 0.775. The lowest BCUT2D eigenvalue weighted by molar-refractivity contribution is -0.136. The number of amides is 1. The van der Waals surface area contributed by atoms with Crippen LogP contribution in [0.25, 0.3) is 0 Å². The molecule has 0 atom stereocenters. The van der Waals surface area contributed by atoms with Crippen molar-refractivity contribution in [3.8, 4) is 0 Å². The monoisotopic (exact) mass is 163 g/mol. The second-order valence-corrected chi connectivity index (χ2v) is 1.71. The van der Waals surface area contributed by atoms with Gasteiger partial charge in [-0.25, -0.2) is 4.79 Å². The average Bonchev–Trinajstić information content (AvgIpc) is 1.85. The SMILES string of the molecule is C=C(NC(=O)Cl)C(=O)OC. The number of carbonyl (C=O) groups is 2. The summed E-state index contributed by atoms with van der Waals surface area (Å²) in [4.78, 5) is 20.5. The fourth-order valence-corrected chi connectivity index (χ4v) is 0.407. The predicted molar refractivity (Wildman–Crippen MR) is 35.5 cm³/mol. The van der Waals surface area contributed by atoms with Gasteiger partial charge in [0.25, 0.3) is 0 Å². The molecule has 0 saturated heterocycles. The highest BCUT2D eigenvalue weighted by atomic mass is 35.5. The molecule has 4 nitrogen and oxygen atoms in total. The van der Waals surface area contributed by atoms with Crippen molar-refractivity contribution in [3.05, 3.63) is 12.3 Å². The van der Waals surface area contributed by atoms with Crippen LogP contribution in [-0.2, 0) is 9.53 Å². The van der Waals surface area contributed by atoms with Gasteiger partial charge >= 0.3 is 11.3 Å². The second kappa shape index (κ2) is 3.90. The van der Waals surface area contributed by atoms with Gasteiger partial charge in [-0.15, -0.1) is 0 Å². The molecule has 0 aromatic heterocycles. The van der Waals surface area contributed by atoms with Crippen LogP contribution in [-0.4, -0.2) is 18.4 Å². The number of hydrogen-bond donors (Lipinski definition) is 1. The van der Waals surface area contributed by atoms with Gasteiger partial charge in [0.15, 0.2) is 0 Å². The van der Waals surface area contributed by atoms with Crippen LogP contribution in [0.1, 0.15) is 0 Å². The minimum absolute atomic E-state index is 0.178. The molecule has 0 aliphatic heterocycles. The van der Waals surface area contributed by atoms with Crippen LogP contribution in [0.15, 0.2) is 12.3 Å². The van der Waals surface area contributed by atoms with Crippen LogP contribution < -0.4 is 5.32 Å². The maximum absolute atomic E-state index is 10.5. The first-order chi connectivity index (χ1) is 4.57. The molecule has 0 heterocycles. The number of methoxy groups -OCH3 is 1. The Bertz CT molecular complexity index is 178. The first kappa shape index (κ1) is 8.97. The minimum atomic E-state index is -0.865. The van der Waals surface area contributed by atoms with E-state index in [1.54, 1.807) is 0 Å². The van der Waals surface area contributed by atoms with Gasteiger partial charge in [0.1, 0.15) is 5.70 Å². The van der Waals surface area contributed by atoms with Gasteiger partial charge in [-0.1, -0.05) is 6.58 Å². The molecule has 0 aromatic carbocycles. The van der Waals surface area contributed by atoms with Crippen LogP contribution in [0.5, 0.6) is 0 Å². The lowest BCUT2D eigenvalue weighted by atomic mass is 10.5. The summed E-state index contributed by atoms with van der Waals surface area (Å²) in [6, 6.07) is 0. The van der Waals surface area contributed by atoms with E-state index in [9.17, 15) is 9.59 Å². The number of esters is 1. The van der Waals surface area contributed by atoms with E-state index < -0.39 is 11.3 Å². The summed E-state index contributed by atoms with van der Waals surface area (Å²) in [5.74, 6) is -0.714. The number of rotatable bonds is 2. The van der Waals surface area contributed by atoms with E-state index in [0.717, 1.165) is 0 Å². The van der Waals surface area contributed by atoms with Crippen LogP contribution in [0.4, 0.5) is 4.79 Å². The van der Waals surface area contributed by atoms with Crippen molar-refractivity contribution in [3.63, 3.8) is 0 Å². The molecule has 0 rings (SSSR count). The van der Waals surface area contributed by atoms with Crippen molar-refractivity contribution < 1.29 is 14.3 Å². The summed E-state index contributed by atoms with van der Waals surface area (Å²) < 4.78 is 4.20. The molecular formula is C5H6ClNO3. The van der Waals surface area contributed by atoms with Crippen LogP contribution in [0.3, 0.4) is 0 Å². The quantitative estimate of drug-likeness (QED) is 0.281. The largest absolute Gasteiger partial charge is 0.464 e. The number of halogens is 1. The molecular weight excluding hydrogens is 158 g/mol. The van der Waals surface area contributed by atoms with Crippen molar-refractivity contribution in [2.75, 3.05) is 7.11 Å². The number of carbonyl (C=O) groups excluding carboxylic acids is 2. The summed E-state index contributed by atoms with van der Waals surface area (Å²) in [6.45, 7) is 3.17. The summed E-state index contributed by atoms with van der Waals surface area (Å²) in [6.07, 6.45) is 0. The molecule has 5 heteroatoms. The summed E-state index contributed by atoms with van der Waals surface area (Å²) in [5, 5.41) is 1.09. The van der Waals surface area contributed by atoms with E-state index >= 15 is 0 Å². The highest BCUT2D eigenvalue weighted by Gasteiger charge is 2.07. The molecule has 1 amide bonds. The smallest absolute Gasteiger partial charge is 0.353 e. The first-order valence-corrected chi connectivity index (χ1v) is 2.69. The molecule has 0 radical (unpaired) electrons. The highest BCUT2D eigenvalue weighted by Crippen LogP contribution is 1.89. The van der Waals surface area contributed by atoms with Gasteiger partial charge in [-0.3, -0.25) is 4.79 Å².